The number of aromatic nitrogens is 1. The van der Waals surface area contributed by atoms with E-state index >= 15 is 0 Å². The standard InChI is InChI=1S/C35H42N2O6.C5H8O2.Co/c1-22(43-40)19-20-28-31(34(38)41-26-15-9-5-10-16-26)23(2)29(36-28)21-30-24(3)32(33(37-30)25-13-7-4-8-14-25)35(39)42-27-17-11-6-12-18-27;1-4(6)3-5(2)7;/h4,7-8,13-14,21,26-27H,1,5-6,9-12,15-20H2,2-3H3,(H2,36,37,38,39,40);3,6H,1-2H3;/p-1. The van der Waals surface area contributed by atoms with Gasteiger partial charge in [0.05, 0.1) is 22.7 Å². The van der Waals surface area contributed by atoms with Crippen molar-refractivity contribution in [2.24, 2.45) is 4.99 Å². The van der Waals surface area contributed by atoms with Gasteiger partial charge in [-0.2, -0.15) is 0 Å². The summed E-state index contributed by atoms with van der Waals surface area (Å²) in [6.07, 6.45) is 13.5. The monoisotopic (exact) mass is 744 g/mol. The Balaban J connectivity index is 0.000000797. The first kappa shape index (κ1) is 41.2. The molecule has 2 aromatic rings. The van der Waals surface area contributed by atoms with Gasteiger partial charge in [-0.1, -0.05) is 61.4 Å². The van der Waals surface area contributed by atoms with Crippen molar-refractivity contribution in [3.8, 4) is 0 Å². The number of aliphatic hydroxyl groups excluding tert-OH is 1. The van der Waals surface area contributed by atoms with Crippen molar-refractivity contribution in [3.05, 3.63) is 99.4 Å². The van der Waals surface area contributed by atoms with Gasteiger partial charge in [-0.3, -0.25) is 4.79 Å². The molecule has 2 saturated carbocycles. The zero-order valence-electron chi connectivity index (χ0n) is 30.0. The Kier molecular flexibility index (Phi) is 16.2. The van der Waals surface area contributed by atoms with E-state index in [4.69, 9.17) is 29.8 Å². The van der Waals surface area contributed by atoms with Gasteiger partial charge in [0.15, 0.2) is 5.78 Å². The third kappa shape index (κ3) is 11.7. The van der Waals surface area contributed by atoms with Gasteiger partial charge in [-0.05, 0) is 91.1 Å². The number of aliphatic imine (C=N–C) groups is 1. The molecular weight excluding hydrogens is 695 g/mol. The summed E-state index contributed by atoms with van der Waals surface area (Å²) in [7, 11) is 0. The predicted molar refractivity (Wildman–Crippen MR) is 192 cm³/mol. The molecule has 1 aliphatic heterocycles. The fourth-order valence-electron chi connectivity index (χ4n) is 6.50. The van der Waals surface area contributed by atoms with E-state index in [1.54, 1.807) is 0 Å². The summed E-state index contributed by atoms with van der Waals surface area (Å²) in [5, 5.41) is 17.4. The van der Waals surface area contributed by atoms with Crippen LogP contribution in [-0.4, -0.2) is 46.0 Å². The molecule has 1 aromatic carbocycles. The molecule has 10 nitrogen and oxygen atoms in total. The van der Waals surface area contributed by atoms with Crippen LogP contribution in [0, 0.1) is 6.92 Å². The number of rotatable bonds is 11. The van der Waals surface area contributed by atoms with Crippen molar-refractivity contribution in [1.29, 1.82) is 0 Å². The zero-order valence-corrected chi connectivity index (χ0v) is 31.0. The van der Waals surface area contributed by atoms with Gasteiger partial charge >= 0.3 is 11.9 Å². The van der Waals surface area contributed by atoms with Crippen molar-refractivity contribution in [2.45, 2.75) is 117 Å². The average molecular weight is 745 g/mol. The van der Waals surface area contributed by atoms with E-state index in [9.17, 15) is 14.4 Å². The maximum absolute atomic E-state index is 13.6. The Hall–Kier alpha value is -4.19. The predicted octanol–water partition coefficient (Wildman–Crippen LogP) is 8.45. The first-order valence-electron chi connectivity index (χ1n) is 17.5. The van der Waals surface area contributed by atoms with Gasteiger partial charge in [0.2, 0.25) is 0 Å². The summed E-state index contributed by atoms with van der Waals surface area (Å²) in [5.74, 6) is -0.633. The fourth-order valence-corrected chi connectivity index (χ4v) is 6.50. The smallest absolute Gasteiger partial charge is 0.340 e. The van der Waals surface area contributed by atoms with Gasteiger partial charge < -0.3 is 24.5 Å². The molecule has 2 heterocycles. The van der Waals surface area contributed by atoms with Crippen LogP contribution in [0.2, 0.25) is 0 Å². The number of esters is 2. The van der Waals surface area contributed by atoms with Crippen LogP contribution in [0.3, 0.4) is 0 Å². The van der Waals surface area contributed by atoms with Crippen LogP contribution in [0.1, 0.15) is 124 Å². The second-order valence-corrected chi connectivity index (χ2v) is 13.2. The molecular formula is C40H49CoN2O8-. The number of nitrogens with zero attached hydrogens (tertiary/aromatic N) is 2. The third-order valence-electron chi connectivity index (χ3n) is 9.09. The number of ether oxygens (including phenoxy) is 2. The zero-order chi connectivity index (χ0) is 36.2. The summed E-state index contributed by atoms with van der Waals surface area (Å²) in [4.78, 5) is 51.1. The number of hydrogen-bond acceptors (Lipinski definition) is 9. The van der Waals surface area contributed by atoms with E-state index in [1.165, 1.54) is 26.3 Å². The SMILES string of the molecule is C=C(CCc1[n-]c(C=C2N=C(c3ccccc3)C(C(=O)OC3CCCCC3)=C2C)c(C)c1C(=O)OC1CCCCC1)OO.CC(=O)C=C(C)O.[Co]. The molecule has 11 heteroatoms. The Morgan fingerprint density at radius 2 is 1.49 bits per heavy atom. The Bertz CT molecular complexity index is 1670. The van der Waals surface area contributed by atoms with E-state index in [2.05, 4.69) is 11.5 Å². The van der Waals surface area contributed by atoms with Crippen LogP contribution in [0.4, 0.5) is 0 Å². The Labute approximate surface area is 310 Å². The molecule has 1 aromatic heterocycles. The number of ketones is 1. The molecule has 3 aliphatic rings. The van der Waals surface area contributed by atoms with E-state index < -0.39 is 5.97 Å². The number of allylic oxidation sites excluding steroid dienone is 4. The normalized spacial score (nSPS) is 17.5. The van der Waals surface area contributed by atoms with E-state index in [1.807, 2.05) is 50.3 Å². The molecule has 1 radical (unpaired) electrons. The number of carbonyl (C=O) groups is 3. The molecule has 2 fully saturated rings. The molecule has 2 aliphatic carbocycles. The summed E-state index contributed by atoms with van der Waals surface area (Å²) < 4.78 is 11.9. The average Bonchev–Trinajstić information content (AvgIpc) is 3.59. The van der Waals surface area contributed by atoms with Crippen LogP contribution in [-0.2, 0) is 47.1 Å². The van der Waals surface area contributed by atoms with Crippen LogP contribution in [0.25, 0.3) is 6.08 Å². The van der Waals surface area contributed by atoms with Crippen LogP contribution >= 0.6 is 0 Å². The van der Waals surface area contributed by atoms with Gasteiger partial charge in [-0.25, -0.2) is 19.8 Å². The summed E-state index contributed by atoms with van der Waals surface area (Å²) in [6.45, 7) is 10.3. The quantitative estimate of drug-likeness (QED) is 0.0761. The first-order chi connectivity index (χ1) is 24.0. The minimum Gasteiger partial charge on any atom is -0.660 e. The number of hydrogen-bond donors (Lipinski definition) is 2. The topological polar surface area (TPSA) is 146 Å². The number of aryl methyl sites for hydroxylation is 1. The molecule has 0 unspecified atom stereocenters. The summed E-state index contributed by atoms with van der Waals surface area (Å²) >= 11 is 0. The first-order valence-corrected chi connectivity index (χ1v) is 17.5. The van der Waals surface area contributed by atoms with Crippen molar-refractivity contribution in [1.82, 2.24) is 4.98 Å². The van der Waals surface area contributed by atoms with Gasteiger partial charge in [-0.15, -0.1) is 11.4 Å². The van der Waals surface area contributed by atoms with Crippen molar-refractivity contribution >= 4 is 29.5 Å². The molecule has 0 atom stereocenters. The van der Waals surface area contributed by atoms with E-state index in [0.29, 0.717) is 57.9 Å². The number of benzene rings is 1. The minimum atomic E-state index is -0.393. The Morgan fingerprint density at radius 3 is 2.00 bits per heavy atom. The second-order valence-electron chi connectivity index (χ2n) is 13.2. The van der Waals surface area contributed by atoms with Crippen LogP contribution < -0.4 is 4.98 Å². The largest absolute Gasteiger partial charge is 0.660 e. The van der Waals surface area contributed by atoms with Gasteiger partial charge in [0.25, 0.3) is 0 Å². The molecule has 2 N–H and O–H groups in total. The molecule has 51 heavy (non-hydrogen) atoms. The van der Waals surface area contributed by atoms with Crippen LogP contribution in [0.5, 0.6) is 0 Å². The molecule has 0 bridgehead atoms. The molecule has 0 amide bonds. The van der Waals surface area contributed by atoms with Crippen molar-refractivity contribution < 1.29 is 55.9 Å². The van der Waals surface area contributed by atoms with E-state index in [-0.39, 0.29) is 52.3 Å². The van der Waals surface area contributed by atoms with Crippen LogP contribution in [0.15, 0.2) is 76.3 Å². The fraction of sp³-hybridized carbons (Fsp3) is 0.450. The minimum absolute atomic E-state index is 0. The maximum atomic E-state index is 13.6. The van der Waals surface area contributed by atoms with Gasteiger partial charge in [0, 0.05) is 40.4 Å². The molecule has 277 valence electrons. The Morgan fingerprint density at radius 1 is 0.922 bits per heavy atom. The summed E-state index contributed by atoms with van der Waals surface area (Å²) in [6, 6.07) is 9.63. The van der Waals surface area contributed by atoms with Crippen molar-refractivity contribution in [3.63, 3.8) is 0 Å². The third-order valence-corrected chi connectivity index (χ3v) is 9.09. The van der Waals surface area contributed by atoms with E-state index in [0.717, 1.165) is 63.4 Å². The van der Waals surface area contributed by atoms with Gasteiger partial charge in [0.1, 0.15) is 18.0 Å². The molecule has 0 saturated heterocycles. The molecule has 0 spiro atoms. The summed E-state index contributed by atoms with van der Waals surface area (Å²) in [5.41, 5.74) is 5.39. The molecule has 5 rings (SSSR count). The second kappa shape index (κ2) is 20.0. The van der Waals surface area contributed by atoms with Crippen molar-refractivity contribution in [2.75, 3.05) is 0 Å². The number of carbonyl (C=O) groups excluding carboxylic acids is 3. The number of aliphatic hydroxyl groups is 1. The maximum Gasteiger partial charge on any atom is 0.340 e.